The second-order valence-electron chi connectivity index (χ2n) is 5.47. The third kappa shape index (κ3) is 1.59. The number of ketones is 1. The van der Waals surface area contributed by atoms with Crippen molar-refractivity contribution in [2.75, 3.05) is 5.32 Å². The zero-order valence-electron chi connectivity index (χ0n) is 11.4. The van der Waals surface area contributed by atoms with Crippen LogP contribution in [0.2, 0.25) is 0 Å². The molecular weight excluding hydrogens is 266 g/mol. The van der Waals surface area contributed by atoms with E-state index < -0.39 is 11.7 Å². The zero-order valence-corrected chi connectivity index (χ0v) is 11.4. The van der Waals surface area contributed by atoms with Crippen molar-refractivity contribution in [2.24, 2.45) is 0 Å². The number of ether oxygens (including phenoxy) is 1. The van der Waals surface area contributed by atoms with E-state index >= 15 is 0 Å². The number of aryl methyl sites for hydroxylation is 1. The highest BCUT2D eigenvalue weighted by molar-refractivity contribution is 6.15. The summed E-state index contributed by atoms with van der Waals surface area (Å²) in [6, 6.07) is 14.6. The Hall–Kier alpha value is -2.46. The van der Waals surface area contributed by atoms with Crippen LogP contribution in [0, 0.1) is 6.92 Å². The first kappa shape index (κ1) is 12.3. The van der Waals surface area contributed by atoms with Gasteiger partial charge >= 0.3 is 0 Å². The lowest BCUT2D eigenvalue weighted by Gasteiger charge is -2.04. The van der Waals surface area contributed by atoms with E-state index in [9.17, 15) is 9.59 Å². The molecule has 4 rings (SSSR count). The molecule has 0 aromatic heterocycles. The van der Waals surface area contributed by atoms with Gasteiger partial charge in [-0.3, -0.25) is 9.59 Å². The minimum atomic E-state index is -1.13. The lowest BCUT2D eigenvalue weighted by atomic mass is 9.91. The first-order chi connectivity index (χ1) is 10.1. The molecule has 4 nitrogen and oxygen atoms in total. The minimum Gasteiger partial charge on any atom is -0.342 e. The van der Waals surface area contributed by atoms with Crippen molar-refractivity contribution in [1.29, 1.82) is 0 Å². The molecule has 2 aromatic rings. The summed E-state index contributed by atoms with van der Waals surface area (Å²) < 4.78 is 5.61. The van der Waals surface area contributed by atoms with E-state index in [-0.39, 0.29) is 11.7 Å². The number of epoxide rings is 1. The van der Waals surface area contributed by atoms with E-state index in [1.165, 1.54) is 0 Å². The van der Waals surface area contributed by atoms with Gasteiger partial charge in [0.1, 0.15) is 0 Å². The predicted octanol–water partition coefficient (Wildman–Crippen LogP) is 2.42. The average Bonchev–Trinajstić information content (AvgIpc) is 3.19. The summed E-state index contributed by atoms with van der Waals surface area (Å²) >= 11 is 0. The maximum Gasteiger partial charge on any atom is 0.264 e. The van der Waals surface area contributed by atoms with Crippen molar-refractivity contribution in [3.63, 3.8) is 0 Å². The van der Waals surface area contributed by atoms with Crippen LogP contribution in [0.5, 0.6) is 0 Å². The summed E-state index contributed by atoms with van der Waals surface area (Å²) in [5, 5.41) is 2.80. The van der Waals surface area contributed by atoms with Crippen LogP contribution in [0.15, 0.2) is 48.5 Å². The van der Waals surface area contributed by atoms with Crippen molar-refractivity contribution in [3.05, 3.63) is 65.2 Å². The monoisotopic (exact) mass is 279 g/mol. The van der Waals surface area contributed by atoms with Crippen molar-refractivity contribution in [3.8, 4) is 0 Å². The van der Waals surface area contributed by atoms with E-state index in [4.69, 9.17) is 4.74 Å². The molecule has 2 aliphatic rings. The van der Waals surface area contributed by atoms with Crippen molar-refractivity contribution in [1.82, 2.24) is 0 Å². The predicted molar refractivity (Wildman–Crippen MR) is 77.1 cm³/mol. The SMILES string of the molecule is Cc1ccc2c(c1)[C@]1(O[C@H]1C(=O)c1ccccc1)C(=O)N2. The summed E-state index contributed by atoms with van der Waals surface area (Å²) in [5.41, 5.74) is 1.96. The van der Waals surface area contributed by atoms with Gasteiger partial charge in [-0.1, -0.05) is 48.0 Å². The van der Waals surface area contributed by atoms with Crippen molar-refractivity contribution < 1.29 is 14.3 Å². The Balaban J connectivity index is 1.74. The Labute approximate surface area is 121 Å². The number of amides is 1. The molecule has 4 heteroatoms. The lowest BCUT2D eigenvalue weighted by Crippen LogP contribution is -2.27. The van der Waals surface area contributed by atoms with Crippen LogP contribution < -0.4 is 5.32 Å². The number of carbonyl (C=O) groups is 2. The Morgan fingerprint density at radius 1 is 1.19 bits per heavy atom. The fourth-order valence-electron chi connectivity index (χ4n) is 2.93. The molecule has 1 fully saturated rings. The molecule has 2 aromatic carbocycles. The summed E-state index contributed by atoms with van der Waals surface area (Å²) in [5.74, 6) is -0.405. The number of nitrogens with one attached hydrogen (secondary N) is 1. The Morgan fingerprint density at radius 3 is 2.71 bits per heavy atom. The van der Waals surface area contributed by atoms with Gasteiger partial charge in [0, 0.05) is 16.8 Å². The van der Waals surface area contributed by atoms with Gasteiger partial charge in [0.15, 0.2) is 11.9 Å². The first-order valence-corrected chi connectivity index (χ1v) is 6.82. The number of fused-ring (bicyclic) bond motifs is 2. The van der Waals surface area contributed by atoms with Crippen LogP contribution in [0.25, 0.3) is 0 Å². The van der Waals surface area contributed by atoms with Gasteiger partial charge in [-0.25, -0.2) is 0 Å². The Kier molecular flexibility index (Phi) is 2.35. The number of hydrogen-bond acceptors (Lipinski definition) is 3. The smallest absolute Gasteiger partial charge is 0.264 e. The molecule has 1 saturated heterocycles. The number of benzene rings is 2. The van der Waals surface area contributed by atoms with Gasteiger partial charge < -0.3 is 10.1 Å². The minimum absolute atomic E-state index is 0.153. The largest absolute Gasteiger partial charge is 0.342 e. The van der Waals surface area contributed by atoms with Gasteiger partial charge in [0.2, 0.25) is 5.60 Å². The highest BCUT2D eigenvalue weighted by Gasteiger charge is 2.70. The molecule has 2 atom stereocenters. The van der Waals surface area contributed by atoms with Gasteiger partial charge in [0.25, 0.3) is 5.91 Å². The molecule has 0 saturated carbocycles. The van der Waals surface area contributed by atoms with Crippen LogP contribution in [-0.2, 0) is 15.1 Å². The third-order valence-electron chi connectivity index (χ3n) is 4.07. The van der Waals surface area contributed by atoms with E-state index in [1.807, 2.05) is 31.2 Å². The van der Waals surface area contributed by atoms with Crippen LogP contribution in [-0.4, -0.2) is 17.8 Å². The second kappa shape index (κ2) is 4.02. The molecule has 0 radical (unpaired) electrons. The fourth-order valence-corrected chi connectivity index (χ4v) is 2.93. The third-order valence-corrected chi connectivity index (χ3v) is 4.07. The standard InChI is InChI=1S/C17H13NO3/c1-10-7-8-13-12(9-10)17(16(20)18-13)15(21-17)14(19)11-5-3-2-4-6-11/h2-9,15H,1H3,(H,18,20)/t15-,17+/m0/s1. The zero-order chi connectivity index (χ0) is 14.6. The summed E-state index contributed by atoms with van der Waals surface area (Å²) in [4.78, 5) is 24.8. The number of rotatable bonds is 2. The van der Waals surface area contributed by atoms with Crippen molar-refractivity contribution >= 4 is 17.4 Å². The van der Waals surface area contributed by atoms with Gasteiger partial charge in [-0.05, 0) is 13.0 Å². The number of carbonyl (C=O) groups excluding carboxylic acids is 2. The van der Waals surface area contributed by atoms with Crippen molar-refractivity contribution in [2.45, 2.75) is 18.6 Å². The molecule has 1 spiro atoms. The topological polar surface area (TPSA) is 58.7 Å². The maximum absolute atomic E-state index is 12.5. The quantitative estimate of drug-likeness (QED) is 0.678. The van der Waals surface area contributed by atoms with Gasteiger partial charge in [-0.15, -0.1) is 0 Å². The normalized spacial score (nSPS) is 25.6. The Morgan fingerprint density at radius 2 is 1.95 bits per heavy atom. The Bertz CT molecular complexity index is 769. The molecule has 21 heavy (non-hydrogen) atoms. The molecule has 0 bridgehead atoms. The molecule has 0 aliphatic carbocycles. The molecule has 104 valence electrons. The van der Waals surface area contributed by atoms with Crippen LogP contribution in [0.1, 0.15) is 21.5 Å². The highest BCUT2D eigenvalue weighted by Crippen LogP contribution is 2.54. The van der Waals surface area contributed by atoms with Gasteiger partial charge in [-0.2, -0.15) is 0 Å². The van der Waals surface area contributed by atoms with E-state index in [0.717, 1.165) is 16.8 Å². The average molecular weight is 279 g/mol. The molecule has 0 unspecified atom stereocenters. The van der Waals surface area contributed by atoms with E-state index in [2.05, 4.69) is 5.32 Å². The van der Waals surface area contributed by atoms with Gasteiger partial charge in [0.05, 0.1) is 0 Å². The number of Topliss-reactive ketones (excluding diaryl/α,β-unsaturated/α-hetero) is 1. The lowest BCUT2D eigenvalue weighted by molar-refractivity contribution is -0.120. The molecule has 2 aliphatic heterocycles. The molecule has 2 heterocycles. The molecule has 1 amide bonds. The first-order valence-electron chi connectivity index (χ1n) is 6.82. The summed E-state index contributed by atoms with van der Waals surface area (Å²) in [6.45, 7) is 1.95. The molecular formula is C17H13NO3. The fraction of sp³-hybridized carbons (Fsp3) is 0.176. The summed E-state index contributed by atoms with van der Waals surface area (Å²) in [7, 11) is 0. The highest BCUT2D eigenvalue weighted by atomic mass is 16.6. The number of hydrogen-bond donors (Lipinski definition) is 1. The van der Waals surface area contributed by atoms with Crippen LogP contribution in [0.4, 0.5) is 5.69 Å². The number of anilines is 1. The molecule has 1 N–H and O–H groups in total. The second-order valence-corrected chi connectivity index (χ2v) is 5.47. The maximum atomic E-state index is 12.5. The van der Waals surface area contributed by atoms with E-state index in [1.54, 1.807) is 24.3 Å². The summed E-state index contributed by atoms with van der Waals surface area (Å²) in [6.07, 6.45) is -0.733. The van der Waals surface area contributed by atoms with Crippen LogP contribution >= 0.6 is 0 Å². The van der Waals surface area contributed by atoms with Crippen LogP contribution in [0.3, 0.4) is 0 Å². The van der Waals surface area contributed by atoms with E-state index in [0.29, 0.717) is 5.56 Å².